The van der Waals surface area contributed by atoms with Crippen molar-refractivity contribution in [2.75, 3.05) is 48.5 Å². The molecule has 46 heavy (non-hydrogen) atoms. The molecule has 1 N–H and O–H groups in total. The summed E-state index contributed by atoms with van der Waals surface area (Å²) in [4.78, 5) is 36.1. The van der Waals surface area contributed by atoms with Crippen LogP contribution in [0.1, 0.15) is 39.1 Å². The van der Waals surface area contributed by atoms with E-state index >= 15 is 0 Å². The van der Waals surface area contributed by atoms with E-state index in [1.807, 2.05) is 54.6 Å². The lowest BCUT2D eigenvalue weighted by Crippen LogP contribution is -2.49. The fourth-order valence-electron chi connectivity index (χ4n) is 5.76. The monoisotopic (exact) mass is 641 g/mol. The summed E-state index contributed by atoms with van der Waals surface area (Å²) in [5, 5.41) is 0.526. The Morgan fingerprint density at radius 3 is 2.46 bits per heavy atom. The second-order valence-corrected chi connectivity index (χ2v) is 12.8. The molecule has 5 aromatic rings. The number of carbonyl (C=O) groups excluding carboxylic acids is 2. The molecule has 3 heterocycles. The number of para-hydroxylation sites is 2. The smallest absolute Gasteiger partial charge is 0.374 e. The van der Waals surface area contributed by atoms with Gasteiger partial charge >= 0.3 is 5.97 Å². The Labute approximate surface area is 267 Å². The summed E-state index contributed by atoms with van der Waals surface area (Å²) in [5.74, 6) is -0.651. The number of furan rings is 1. The number of H-pyrrole nitrogens is 1. The molecule has 11 nitrogen and oxygen atoms in total. The average Bonchev–Trinajstić information content (AvgIpc) is 3.74. The first-order valence-corrected chi connectivity index (χ1v) is 16.6. The normalized spacial score (nSPS) is 13.6. The zero-order chi connectivity index (χ0) is 32.3. The molecule has 0 bridgehead atoms. The Balaban J connectivity index is 1.34. The van der Waals surface area contributed by atoms with Crippen molar-refractivity contribution in [3.63, 3.8) is 0 Å². The second kappa shape index (κ2) is 13.1. The quantitative estimate of drug-likeness (QED) is 0.210. The maximum absolute atomic E-state index is 14.6. The topological polar surface area (TPSA) is 129 Å². The predicted octanol–water partition coefficient (Wildman–Crippen LogP) is 5.04. The Morgan fingerprint density at radius 2 is 1.74 bits per heavy atom. The van der Waals surface area contributed by atoms with Crippen LogP contribution in [0, 0.1) is 6.92 Å². The first-order valence-electron chi connectivity index (χ1n) is 15.2. The summed E-state index contributed by atoms with van der Waals surface area (Å²) in [6.45, 7) is 5.82. The highest BCUT2D eigenvalue weighted by Crippen LogP contribution is 2.36. The minimum absolute atomic E-state index is 0.0582. The van der Waals surface area contributed by atoms with Crippen molar-refractivity contribution in [3.05, 3.63) is 108 Å². The van der Waals surface area contributed by atoms with Gasteiger partial charge in [-0.05, 0) is 56.2 Å². The molecular formula is C34H35N5O6S. The first kappa shape index (κ1) is 30.9. The highest BCUT2D eigenvalue weighted by Gasteiger charge is 2.31. The van der Waals surface area contributed by atoms with E-state index in [1.54, 1.807) is 30.9 Å². The number of imidazole rings is 1. The number of esters is 1. The van der Waals surface area contributed by atoms with Crippen LogP contribution >= 0.6 is 0 Å². The minimum Gasteiger partial charge on any atom is -0.460 e. The van der Waals surface area contributed by atoms with Gasteiger partial charge in [0.25, 0.3) is 15.9 Å². The van der Waals surface area contributed by atoms with Crippen molar-refractivity contribution in [1.82, 2.24) is 14.9 Å². The number of benzene rings is 3. The molecule has 1 amide bonds. The number of nitrogens with one attached hydrogen (secondary N) is 1. The van der Waals surface area contributed by atoms with Gasteiger partial charge < -0.3 is 23.9 Å². The van der Waals surface area contributed by atoms with Gasteiger partial charge in [-0.3, -0.25) is 9.10 Å². The summed E-state index contributed by atoms with van der Waals surface area (Å²) in [6.07, 6.45) is 3.48. The van der Waals surface area contributed by atoms with Crippen LogP contribution in [0.25, 0.3) is 11.0 Å². The number of hydrogen-bond donors (Lipinski definition) is 1. The maximum atomic E-state index is 14.6. The van der Waals surface area contributed by atoms with Crippen molar-refractivity contribution in [1.29, 1.82) is 0 Å². The van der Waals surface area contributed by atoms with Crippen LogP contribution in [-0.4, -0.2) is 74.5 Å². The third-order valence-electron chi connectivity index (χ3n) is 8.19. The van der Waals surface area contributed by atoms with E-state index in [1.165, 1.54) is 22.9 Å². The van der Waals surface area contributed by atoms with Crippen molar-refractivity contribution in [3.8, 4) is 0 Å². The van der Waals surface area contributed by atoms with E-state index in [4.69, 9.17) is 9.15 Å². The van der Waals surface area contributed by atoms with E-state index in [0.717, 1.165) is 11.3 Å². The van der Waals surface area contributed by atoms with Gasteiger partial charge in [-0.2, -0.15) is 0 Å². The van der Waals surface area contributed by atoms with Crippen LogP contribution < -0.4 is 9.21 Å². The van der Waals surface area contributed by atoms with Gasteiger partial charge in [0.05, 0.1) is 35.4 Å². The molecule has 1 aliphatic heterocycles. The molecule has 0 aliphatic carbocycles. The van der Waals surface area contributed by atoms with Crippen molar-refractivity contribution in [2.24, 2.45) is 0 Å². The van der Waals surface area contributed by atoms with E-state index in [0.29, 0.717) is 60.5 Å². The third kappa shape index (κ3) is 6.08. The Bertz CT molecular complexity index is 1950. The molecule has 1 aliphatic rings. The number of piperazine rings is 1. The fraction of sp³-hybridized carbons (Fsp3) is 0.265. The van der Waals surface area contributed by atoms with Crippen molar-refractivity contribution in [2.45, 2.75) is 25.2 Å². The average molecular weight is 642 g/mol. The summed E-state index contributed by atoms with van der Waals surface area (Å²) < 4.78 is 41.5. The molecule has 0 saturated carbocycles. The lowest BCUT2D eigenvalue weighted by atomic mass is 10.1. The zero-order valence-electron chi connectivity index (χ0n) is 25.7. The number of aromatic nitrogens is 2. The minimum atomic E-state index is -4.10. The Hall–Kier alpha value is -5.10. The van der Waals surface area contributed by atoms with Crippen LogP contribution in [0.5, 0.6) is 0 Å². The molecule has 6 rings (SSSR count). The Kier molecular flexibility index (Phi) is 8.80. The second-order valence-electron chi connectivity index (χ2n) is 11.0. The van der Waals surface area contributed by atoms with Gasteiger partial charge in [0.2, 0.25) is 5.76 Å². The number of sulfonamides is 1. The number of amides is 1. The van der Waals surface area contributed by atoms with Crippen LogP contribution in [-0.2, 0) is 21.2 Å². The number of rotatable bonds is 10. The zero-order valence-corrected chi connectivity index (χ0v) is 26.5. The van der Waals surface area contributed by atoms with Gasteiger partial charge in [-0.25, -0.2) is 18.2 Å². The predicted molar refractivity (Wildman–Crippen MR) is 175 cm³/mol. The van der Waals surface area contributed by atoms with Gasteiger partial charge in [0, 0.05) is 43.7 Å². The summed E-state index contributed by atoms with van der Waals surface area (Å²) in [5.41, 5.74) is 3.67. The SMILES string of the molecule is CCOC(=O)c1oc2ccc(S(=O)(=O)N(CCc3ccccc3)c3ccccc3N3CCN(C(=O)c4cnc[nH]4)CC3)cc2c1C. The number of hydrogen-bond acceptors (Lipinski definition) is 8. The molecule has 0 unspecified atom stereocenters. The Morgan fingerprint density at radius 1 is 1.00 bits per heavy atom. The maximum Gasteiger partial charge on any atom is 0.374 e. The van der Waals surface area contributed by atoms with E-state index < -0.39 is 16.0 Å². The van der Waals surface area contributed by atoms with Gasteiger partial charge in [-0.1, -0.05) is 42.5 Å². The number of anilines is 2. The highest BCUT2D eigenvalue weighted by molar-refractivity contribution is 7.92. The molecular weight excluding hydrogens is 606 g/mol. The molecule has 12 heteroatoms. The lowest BCUT2D eigenvalue weighted by molar-refractivity contribution is 0.0491. The van der Waals surface area contributed by atoms with Gasteiger partial charge in [0.1, 0.15) is 11.3 Å². The number of nitrogens with zero attached hydrogens (tertiary/aromatic N) is 4. The van der Waals surface area contributed by atoms with Gasteiger partial charge in [0.15, 0.2) is 0 Å². The van der Waals surface area contributed by atoms with Crippen LogP contribution in [0.3, 0.4) is 0 Å². The molecule has 0 atom stereocenters. The summed E-state index contributed by atoms with van der Waals surface area (Å²) >= 11 is 0. The molecule has 0 spiro atoms. The van der Waals surface area contributed by atoms with Gasteiger partial charge in [-0.15, -0.1) is 0 Å². The van der Waals surface area contributed by atoms with Crippen molar-refractivity contribution >= 4 is 44.2 Å². The summed E-state index contributed by atoms with van der Waals surface area (Å²) in [6, 6.07) is 21.9. The number of ether oxygens (including phenoxy) is 1. The lowest BCUT2D eigenvalue weighted by Gasteiger charge is -2.38. The number of aryl methyl sites for hydroxylation is 1. The molecule has 0 radical (unpaired) electrons. The summed E-state index contributed by atoms with van der Waals surface area (Å²) in [7, 11) is -4.10. The van der Waals surface area contributed by atoms with E-state index in [9.17, 15) is 18.0 Å². The van der Waals surface area contributed by atoms with Crippen LogP contribution in [0.4, 0.5) is 11.4 Å². The highest BCUT2D eigenvalue weighted by atomic mass is 32.2. The molecule has 1 fully saturated rings. The van der Waals surface area contributed by atoms with E-state index in [2.05, 4.69) is 14.9 Å². The molecule has 3 aromatic carbocycles. The third-order valence-corrected chi connectivity index (χ3v) is 10.00. The number of aromatic amines is 1. The first-order chi connectivity index (χ1) is 22.3. The molecule has 238 valence electrons. The van der Waals surface area contributed by atoms with Crippen LogP contribution in [0.15, 0.2) is 94.6 Å². The molecule has 2 aromatic heterocycles. The number of fused-ring (bicyclic) bond motifs is 1. The van der Waals surface area contributed by atoms with Crippen LogP contribution in [0.2, 0.25) is 0 Å². The molecule has 1 saturated heterocycles. The van der Waals surface area contributed by atoms with Crippen molar-refractivity contribution < 1.29 is 27.2 Å². The fourth-order valence-corrected chi connectivity index (χ4v) is 7.27. The number of carbonyl (C=O) groups is 2. The standard InChI is InChI=1S/C34H35N5O6S/c1-3-44-34(41)32-24(2)27-21-26(13-14-31(27)45-32)46(42,43)39(16-15-25-9-5-4-6-10-25)30-12-8-7-11-29(30)37-17-19-38(20-18-37)33(40)28-22-35-23-36-28/h4-14,21-23H,3,15-20H2,1-2H3,(H,35,36). The largest absolute Gasteiger partial charge is 0.460 e. The van der Waals surface area contributed by atoms with E-state index in [-0.39, 0.29) is 29.7 Å².